The maximum absolute atomic E-state index is 12.1. The molecule has 1 atom stereocenters. The summed E-state index contributed by atoms with van der Waals surface area (Å²) in [5, 5.41) is 9.96. The lowest BCUT2D eigenvalue weighted by molar-refractivity contribution is -0.147. The van der Waals surface area contributed by atoms with Gasteiger partial charge in [0.15, 0.2) is 5.78 Å². The third-order valence-electron chi connectivity index (χ3n) is 3.68. The van der Waals surface area contributed by atoms with E-state index in [1.54, 1.807) is 6.92 Å². The number of hydrogen-bond donors (Lipinski definition) is 1. The Morgan fingerprint density at radius 3 is 2.29 bits per heavy atom. The minimum atomic E-state index is -1.12. The van der Waals surface area contributed by atoms with Gasteiger partial charge in [-0.1, -0.05) is 33.1 Å². The molecule has 0 aromatic rings. The van der Waals surface area contributed by atoms with Gasteiger partial charge < -0.3 is 5.11 Å². The van der Waals surface area contributed by atoms with Crippen LogP contribution in [0.3, 0.4) is 0 Å². The maximum atomic E-state index is 12.1. The van der Waals surface area contributed by atoms with Crippen LogP contribution in [-0.2, 0) is 4.79 Å². The second-order valence-electron chi connectivity index (χ2n) is 5.08. The molecule has 1 rings (SSSR count). The lowest BCUT2D eigenvalue weighted by atomic mass is 9.68. The van der Waals surface area contributed by atoms with Gasteiger partial charge >= 0.3 is 0 Å². The van der Waals surface area contributed by atoms with Crippen molar-refractivity contribution in [3.8, 4) is 0 Å². The molecule has 1 saturated carbocycles. The Bertz CT molecular complexity index is 212. The fourth-order valence-corrected chi connectivity index (χ4v) is 2.37. The van der Waals surface area contributed by atoms with Crippen molar-refractivity contribution < 1.29 is 9.90 Å². The summed E-state index contributed by atoms with van der Waals surface area (Å²) in [5.74, 6) is 0.0483. The van der Waals surface area contributed by atoms with Gasteiger partial charge in [-0.3, -0.25) is 4.79 Å². The number of rotatable bonds is 3. The van der Waals surface area contributed by atoms with Crippen LogP contribution < -0.4 is 0 Å². The van der Waals surface area contributed by atoms with E-state index in [1.807, 2.05) is 13.8 Å². The highest BCUT2D eigenvalue weighted by atomic mass is 16.3. The second-order valence-corrected chi connectivity index (χ2v) is 5.08. The fourth-order valence-electron chi connectivity index (χ4n) is 2.37. The van der Waals surface area contributed by atoms with E-state index in [9.17, 15) is 9.90 Å². The van der Waals surface area contributed by atoms with E-state index in [0.717, 1.165) is 25.7 Å². The van der Waals surface area contributed by atoms with E-state index in [2.05, 4.69) is 0 Å². The van der Waals surface area contributed by atoms with Crippen LogP contribution in [0.1, 0.15) is 59.3 Å². The standard InChI is InChI=1S/C12H22O2/c1-4-12(3,14)10(13)11(2)8-6-5-7-9-11/h14H,4-9H2,1-3H3. The third kappa shape index (κ3) is 2.17. The van der Waals surface area contributed by atoms with Gasteiger partial charge in [0.25, 0.3) is 0 Å². The number of ketones is 1. The monoisotopic (exact) mass is 198 g/mol. The van der Waals surface area contributed by atoms with Gasteiger partial charge in [-0.15, -0.1) is 0 Å². The van der Waals surface area contributed by atoms with Crippen LogP contribution in [0.5, 0.6) is 0 Å². The highest BCUT2D eigenvalue weighted by Crippen LogP contribution is 2.39. The van der Waals surface area contributed by atoms with Crippen LogP contribution in [0.15, 0.2) is 0 Å². The molecule has 2 nitrogen and oxygen atoms in total. The van der Waals surface area contributed by atoms with Crippen molar-refractivity contribution in [1.29, 1.82) is 0 Å². The van der Waals surface area contributed by atoms with E-state index in [1.165, 1.54) is 6.42 Å². The molecule has 1 fully saturated rings. The molecule has 2 heteroatoms. The average molecular weight is 198 g/mol. The van der Waals surface area contributed by atoms with Gasteiger partial charge in [0.1, 0.15) is 5.60 Å². The number of aliphatic hydroxyl groups is 1. The summed E-state index contributed by atoms with van der Waals surface area (Å²) >= 11 is 0. The predicted octanol–water partition coefficient (Wildman–Crippen LogP) is 2.69. The molecule has 0 radical (unpaired) electrons. The molecule has 1 aliphatic carbocycles. The molecule has 0 aromatic heterocycles. The number of carbonyl (C=O) groups is 1. The van der Waals surface area contributed by atoms with E-state index >= 15 is 0 Å². The highest BCUT2D eigenvalue weighted by molar-refractivity contribution is 5.91. The molecule has 0 spiro atoms. The van der Waals surface area contributed by atoms with Crippen LogP contribution in [0.4, 0.5) is 0 Å². The summed E-state index contributed by atoms with van der Waals surface area (Å²) in [6.45, 7) is 5.53. The zero-order chi connectivity index (χ0) is 10.8. The lowest BCUT2D eigenvalue weighted by Gasteiger charge is -2.37. The molecule has 1 N–H and O–H groups in total. The smallest absolute Gasteiger partial charge is 0.169 e. The zero-order valence-electron chi connectivity index (χ0n) is 9.60. The molecular weight excluding hydrogens is 176 g/mol. The number of hydrogen-bond acceptors (Lipinski definition) is 2. The van der Waals surface area contributed by atoms with E-state index in [4.69, 9.17) is 0 Å². The number of carbonyl (C=O) groups excluding carboxylic acids is 1. The topological polar surface area (TPSA) is 37.3 Å². The van der Waals surface area contributed by atoms with Crippen molar-refractivity contribution >= 4 is 5.78 Å². The summed E-state index contributed by atoms with van der Waals surface area (Å²) in [6.07, 6.45) is 5.90. The average Bonchev–Trinajstić information content (AvgIpc) is 2.18. The molecule has 0 heterocycles. The first kappa shape index (κ1) is 11.7. The summed E-state index contributed by atoms with van der Waals surface area (Å²) in [5.41, 5.74) is -1.39. The molecule has 0 aliphatic heterocycles. The second kappa shape index (κ2) is 4.01. The van der Waals surface area contributed by atoms with Crippen molar-refractivity contribution in [1.82, 2.24) is 0 Å². The normalized spacial score (nSPS) is 25.4. The van der Waals surface area contributed by atoms with Crippen LogP contribution >= 0.6 is 0 Å². The molecule has 0 aromatic carbocycles. The molecule has 14 heavy (non-hydrogen) atoms. The summed E-state index contributed by atoms with van der Waals surface area (Å²) < 4.78 is 0. The van der Waals surface area contributed by atoms with Gasteiger partial charge in [0.2, 0.25) is 0 Å². The molecule has 0 bridgehead atoms. The minimum absolute atomic E-state index is 0.0483. The predicted molar refractivity (Wildman–Crippen MR) is 57.1 cm³/mol. The molecule has 82 valence electrons. The van der Waals surface area contributed by atoms with Crippen LogP contribution in [0.2, 0.25) is 0 Å². The molecular formula is C12H22O2. The minimum Gasteiger partial charge on any atom is -0.382 e. The van der Waals surface area contributed by atoms with Crippen molar-refractivity contribution in [3.05, 3.63) is 0 Å². The van der Waals surface area contributed by atoms with Crippen LogP contribution in [0.25, 0.3) is 0 Å². The van der Waals surface area contributed by atoms with Crippen molar-refractivity contribution in [2.45, 2.75) is 64.9 Å². The van der Waals surface area contributed by atoms with E-state index in [0.29, 0.717) is 6.42 Å². The Kier molecular flexibility index (Phi) is 3.36. The van der Waals surface area contributed by atoms with E-state index < -0.39 is 5.60 Å². The van der Waals surface area contributed by atoms with Crippen molar-refractivity contribution in [2.75, 3.05) is 0 Å². The maximum Gasteiger partial charge on any atom is 0.169 e. The first-order valence-corrected chi connectivity index (χ1v) is 5.70. The largest absolute Gasteiger partial charge is 0.382 e. The fraction of sp³-hybridized carbons (Fsp3) is 0.917. The SMILES string of the molecule is CCC(C)(O)C(=O)C1(C)CCCCC1. The van der Waals surface area contributed by atoms with Crippen molar-refractivity contribution in [3.63, 3.8) is 0 Å². The highest BCUT2D eigenvalue weighted by Gasteiger charge is 2.43. The van der Waals surface area contributed by atoms with Gasteiger partial charge in [0.05, 0.1) is 0 Å². The molecule has 0 saturated heterocycles. The van der Waals surface area contributed by atoms with Gasteiger partial charge in [-0.05, 0) is 26.2 Å². The third-order valence-corrected chi connectivity index (χ3v) is 3.68. The lowest BCUT2D eigenvalue weighted by Crippen LogP contribution is -2.45. The summed E-state index contributed by atoms with van der Waals surface area (Å²) in [6, 6.07) is 0. The Labute approximate surface area is 86.7 Å². The first-order chi connectivity index (χ1) is 6.42. The Balaban J connectivity index is 2.76. The van der Waals surface area contributed by atoms with Crippen LogP contribution in [0, 0.1) is 5.41 Å². The van der Waals surface area contributed by atoms with Gasteiger partial charge in [-0.25, -0.2) is 0 Å². The quantitative estimate of drug-likeness (QED) is 0.757. The van der Waals surface area contributed by atoms with Gasteiger partial charge in [0, 0.05) is 5.41 Å². The molecule has 1 unspecified atom stereocenters. The Hall–Kier alpha value is -0.370. The summed E-state index contributed by atoms with van der Waals surface area (Å²) in [4.78, 5) is 12.1. The Morgan fingerprint density at radius 2 is 1.86 bits per heavy atom. The zero-order valence-corrected chi connectivity index (χ0v) is 9.60. The molecule has 1 aliphatic rings. The van der Waals surface area contributed by atoms with Crippen molar-refractivity contribution in [2.24, 2.45) is 5.41 Å². The summed E-state index contributed by atoms with van der Waals surface area (Å²) in [7, 11) is 0. The van der Waals surface area contributed by atoms with Gasteiger partial charge in [-0.2, -0.15) is 0 Å². The number of Topliss-reactive ketones (excluding diaryl/α,β-unsaturated/α-hetero) is 1. The molecule has 0 amide bonds. The first-order valence-electron chi connectivity index (χ1n) is 5.70. The van der Waals surface area contributed by atoms with E-state index in [-0.39, 0.29) is 11.2 Å². The van der Waals surface area contributed by atoms with Crippen LogP contribution in [-0.4, -0.2) is 16.5 Å². The Morgan fingerprint density at radius 1 is 1.36 bits per heavy atom.